The number of rotatable bonds is 3. The Hall–Kier alpha value is -2.04. The first-order valence-corrected chi connectivity index (χ1v) is 9.01. The number of benzene rings is 1. The standard InChI is InChI=1S/C20H27NO4/c1-13(2)16-12-25-17-10-14(18(22)24-4)6-7-15(17)11-21(16)19(23)20(3)8-5-9-20/h6-7,10,13,16H,5,8-9,11-12H2,1-4H3. The van der Waals surface area contributed by atoms with Gasteiger partial charge < -0.3 is 14.4 Å². The smallest absolute Gasteiger partial charge is 0.337 e. The van der Waals surface area contributed by atoms with Crippen molar-refractivity contribution in [1.29, 1.82) is 0 Å². The monoisotopic (exact) mass is 345 g/mol. The van der Waals surface area contributed by atoms with E-state index in [1.807, 2.05) is 11.0 Å². The Morgan fingerprint density at radius 1 is 1.32 bits per heavy atom. The van der Waals surface area contributed by atoms with E-state index >= 15 is 0 Å². The number of hydrogen-bond acceptors (Lipinski definition) is 4. The third-order valence-corrected chi connectivity index (χ3v) is 5.64. The maximum absolute atomic E-state index is 13.2. The van der Waals surface area contributed by atoms with Crippen LogP contribution in [0.5, 0.6) is 5.75 Å². The summed E-state index contributed by atoms with van der Waals surface area (Å²) in [5.41, 5.74) is 1.17. The zero-order valence-corrected chi connectivity index (χ0v) is 15.5. The van der Waals surface area contributed by atoms with Gasteiger partial charge in [-0.2, -0.15) is 0 Å². The van der Waals surface area contributed by atoms with E-state index in [0.717, 1.165) is 24.8 Å². The molecule has 1 fully saturated rings. The average molecular weight is 345 g/mol. The molecule has 25 heavy (non-hydrogen) atoms. The number of amides is 1. The van der Waals surface area contributed by atoms with Crippen LogP contribution in [0.15, 0.2) is 18.2 Å². The zero-order chi connectivity index (χ0) is 18.2. The largest absolute Gasteiger partial charge is 0.491 e. The second-order valence-corrected chi connectivity index (χ2v) is 7.78. The van der Waals surface area contributed by atoms with E-state index in [9.17, 15) is 9.59 Å². The van der Waals surface area contributed by atoms with Crippen LogP contribution in [-0.4, -0.2) is 36.5 Å². The molecule has 1 aliphatic carbocycles. The highest BCUT2D eigenvalue weighted by Crippen LogP contribution is 2.43. The van der Waals surface area contributed by atoms with Crippen LogP contribution in [0.25, 0.3) is 0 Å². The Bertz CT molecular complexity index is 678. The molecule has 1 aromatic carbocycles. The summed E-state index contributed by atoms with van der Waals surface area (Å²) in [6.07, 6.45) is 3.04. The minimum Gasteiger partial charge on any atom is -0.491 e. The first-order valence-electron chi connectivity index (χ1n) is 9.01. The highest BCUT2D eigenvalue weighted by atomic mass is 16.5. The second-order valence-electron chi connectivity index (χ2n) is 7.78. The highest BCUT2D eigenvalue weighted by Gasteiger charge is 2.44. The SMILES string of the molecule is COC(=O)c1ccc2c(c1)OCC(C(C)C)N(C(=O)C1(C)CCC1)C2. The van der Waals surface area contributed by atoms with E-state index in [2.05, 4.69) is 20.8 Å². The zero-order valence-electron chi connectivity index (χ0n) is 15.5. The summed E-state index contributed by atoms with van der Waals surface area (Å²) < 4.78 is 10.8. The molecule has 1 aromatic rings. The van der Waals surface area contributed by atoms with E-state index in [0.29, 0.717) is 30.4 Å². The number of hydrogen-bond donors (Lipinski definition) is 0. The molecule has 0 N–H and O–H groups in total. The van der Waals surface area contributed by atoms with Crippen LogP contribution in [0, 0.1) is 11.3 Å². The lowest BCUT2D eigenvalue weighted by molar-refractivity contribution is -0.150. The van der Waals surface area contributed by atoms with Crippen molar-refractivity contribution < 1.29 is 19.1 Å². The minimum atomic E-state index is -0.383. The van der Waals surface area contributed by atoms with Gasteiger partial charge in [0.1, 0.15) is 12.4 Å². The van der Waals surface area contributed by atoms with Crippen molar-refractivity contribution in [2.45, 2.75) is 52.6 Å². The predicted molar refractivity (Wildman–Crippen MR) is 94.4 cm³/mol. The van der Waals surface area contributed by atoms with E-state index < -0.39 is 0 Å². The average Bonchev–Trinajstić information content (AvgIpc) is 2.77. The summed E-state index contributed by atoms with van der Waals surface area (Å²) in [7, 11) is 1.36. The van der Waals surface area contributed by atoms with Gasteiger partial charge in [0.25, 0.3) is 0 Å². The van der Waals surface area contributed by atoms with Crippen molar-refractivity contribution in [3.8, 4) is 5.75 Å². The van der Waals surface area contributed by atoms with Gasteiger partial charge >= 0.3 is 5.97 Å². The molecule has 5 nitrogen and oxygen atoms in total. The quantitative estimate of drug-likeness (QED) is 0.788. The van der Waals surface area contributed by atoms with Gasteiger partial charge in [-0.25, -0.2) is 4.79 Å². The topological polar surface area (TPSA) is 55.8 Å². The van der Waals surface area contributed by atoms with Crippen molar-refractivity contribution in [1.82, 2.24) is 4.90 Å². The molecule has 1 heterocycles. The Kier molecular flexibility index (Phi) is 4.76. The van der Waals surface area contributed by atoms with Gasteiger partial charge in [0, 0.05) is 17.5 Å². The van der Waals surface area contributed by atoms with Crippen molar-refractivity contribution in [2.75, 3.05) is 13.7 Å². The molecule has 1 unspecified atom stereocenters. The van der Waals surface area contributed by atoms with Crippen LogP contribution in [0.2, 0.25) is 0 Å². The maximum atomic E-state index is 13.2. The third-order valence-electron chi connectivity index (χ3n) is 5.64. The number of carbonyl (C=O) groups is 2. The summed E-state index contributed by atoms with van der Waals surface area (Å²) >= 11 is 0. The number of ether oxygens (including phenoxy) is 2. The van der Waals surface area contributed by atoms with E-state index in [1.54, 1.807) is 12.1 Å². The summed E-state index contributed by atoms with van der Waals surface area (Å²) in [6.45, 7) is 7.27. The summed E-state index contributed by atoms with van der Waals surface area (Å²) in [5, 5.41) is 0. The molecular weight excluding hydrogens is 318 g/mol. The fourth-order valence-electron chi connectivity index (χ4n) is 3.67. The number of methoxy groups -OCH3 is 1. The van der Waals surface area contributed by atoms with E-state index in [-0.39, 0.29) is 23.3 Å². The number of esters is 1. The van der Waals surface area contributed by atoms with Gasteiger partial charge in [0.15, 0.2) is 0 Å². The fourth-order valence-corrected chi connectivity index (χ4v) is 3.67. The lowest BCUT2D eigenvalue weighted by Crippen LogP contribution is -2.52. The lowest BCUT2D eigenvalue weighted by atomic mass is 9.69. The summed E-state index contributed by atoms with van der Waals surface area (Å²) in [6, 6.07) is 5.35. The molecular formula is C20H27NO4. The minimum absolute atomic E-state index is 0.0268. The molecule has 0 bridgehead atoms. The van der Waals surface area contributed by atoms with Crippen molar-refractivity contribution >= 4 is 11.9 Å². The predicted octanol–water partition coefficient (Wildman–Crippen LogP) is 3.41. The molecule has 0 aromatic heterocycles. The normalized spacial score (nSPS) is 21.6. The van der Waals surface area contributed by atoms with Crippen LogP contribution in [0.4, 0.5) is 0 Å². The molecule has 1 aliphatic heterocycles. The van der Waals surface area contributed by atoms with Gasteiger partial charge in [-0.15, -0.1) is 0 Å². The Morgan fingerprint density at radius 2 is 2.04 bits per heavy atom. The number of fused-ring (bicyclic) bond motifs is 1. The fraction of sp³-hybridized carbons (Fsp3) is 0.600. The van der Waals surface area contributed by atoms with Crippen molar-refractivity contribution in [3.05, 3.63) is 29.3 Å². The first-order chi connectivity index (χ1) is 11.9. The Morgan fingerprint density at radius 3 is 2.60 bits per heavy atom. The third kappa shape index (κ3) is 3.24. The van der Waals surface area contributed by atoms with Gasteiger partial charge in [-0.05, 0) is 30.9 Å². The Labute approximate surface area is 149 Å². The highest BCUT2D eigenvalue weighted by molar-refractivity contribution is 5.90. The Balaban J connectivity index is 1.92. The van der Waals surface area contributed by atoms with E-state index in [1.165, 1.54) is 7.11 Å². The number of carbonyl (C=O) groups excluding carboxylic acids is 2. The molecule has 5 heteroatoms. The van der Waals surface area contributed by atoms with Crippen LogP contribution < -0.4 is 4.74 Å². The molecule has 1 saturated carbocycles. The maximum Gasteiger partial charge on any atom is 0.337 e. The molecule has 136 valence electrons. The van der Waals surface area contributed by atoms with Crippen LogP contribution >= 0.6 is 0 Å². The van der Waals surface area contributed by atoms with Crippen LogP contribution in [0.1, 0.15) is 56.0 Å². The number of nitrogens with zero attached hydrogens (tertiary/aromatic N) is 1. The van der Waals surface area contributed by atoms with Gasteiger partial charge in [0.2, 0.25) is 5.91 Å². The molecule has 0 spiro atoms. The molecule has 1 atom stereocenters. The van der Waals surface area contributed by atoms with E-state index in [4.69, 9.17) is 9.47 Å². The molecule has 3 rings (SSSR count). The first kappa shape index (κ1) is 17.8. The van der Waals surface area contributed by atoms with Crippen molar-refractivity contribution in [3.63, 3.8) is 0 Å². The molecule has 0 radical (unpaired) electrons. The molecule has 1 amide bonds. The molecule has 0 saturated heterocycles. The summed E-state index contributed by atoms with van der Waals surface area (Å²) in [4.78, 5) is 27.0. The van der Waals surface area contributed by atoms with Gasteiger partial charge in [-0.1, -0.05) is 33.3 Å². The van der Waals surface area contributed by atoms with Crippen LogP contribution in [-0.2, 0) is 16.1 Å². The molecule has 2 aliphatic rings. The lowest BCUT2D eigenvalue weighted by Gasteiger charge is -2.43. The van der Waals surface area contributed by atoms with Crippen LogP contribution in [0.3, 0.4) is 0 Å². The second kappa shape index (κ2) is 6.70. The van der Waals surface area contributed by atoms with Gasteiger partial charge in [-0.3, -0.25) is 4.79 Å². The van der Waals surface area contributed by atoms with Gasteiger partial charge in [0.05, 0.1) is 18.7 Å². The van der Waals surface area contributed by atoms with Crippen molar-refractivity contribution in [2.24, 2.45) is 11.3 Å². The summed E-state index contributed by atoms with van der Waals surface area (Å²) in [5.74, 6) is 0.807.